The van der Waals surface area contributed by atoms with E-state index in [1.54, 1.807) is 60.7 Å². The normalized spacial score (nSPS) is 13.0. The Morgan fingerprint density at radius 2 is 0.632 bits per heavy atom. The van der Waals surface area contributed by atoms with E-state index in [2.05, 4.69) is 29.9 Å². The Labute approximate surface area is 332 Å². The minimum absolute atomic E-state index is 0. The van der Waals surface area contributed by atoms with Crippen molar-refractivity contribution in [1.29, 1.82) is 0 Å². The van der Waals surface area contributed by atoms with Crippen LogP contribution in [0.4, 0.5) is 0 Å². The van der Waals surface area contributed by atoms with Crippen LogP contribution in [0, 0.1) is 0 Å². The standard InChI is InChI=1S/C32H18N8O12S4.Pd/c41-53(42,43)21-19-20(22(54(44,45)46)24(56(50,51)52)23(21)55(47,48)49)32-39-30-18-12-6-4-10-16(18)28(37-30)35-26-14-8-2-1-7-13(14)25(33-26)34-27-15-9-3-5-11-17(15)29(36-27)38-31(19)40-32;/h1-12H,(H,41,42,43)(H,44,45,46)(H,47,48,49)(H,50,51,52)(H2,33,34,35,36,37,38,39,40);/q;+2. The van der Waals surface area contributed by atoms with Crippen LogP contribution < -0.4 is 0 Å². The van der Waals surface area contributed by atoms with E-state index in [-0.39, 0.29) is 54.8 Å². The molecule has 2 aliphatic heterocycles. The molecule has 0 atom stereocenters. The third-order valence-corrected chi connectivity index (χ3v) is 12.9. The summed E-state index contributed by atoms with van der Waals surface area (Å²) >= 11 is 0. The van der Waals surface area contributed by atoms with E-state index in [1.165, 1.54) is 12.1 Å². The van der Waals surface area contributed by atoms with Gasteiger partial charge in [0.2, 0.25) is 0 Å². The van der Waals surface area contributed by atoms with Crippen molar-refractivity contribution in [3.8, 4) is 45.6 Å². The first-order chi connectivity index (χ1) is 26.3. The van der Waals surface area contributed by atoms with Crippen molar-refractivity contribution in [2.24, 2.45) is 0 Å². The zero-order valence-corrected chi connectivity index (χ0v) is 32.4. The van der Waals surface area contributed by atoms with E-state index in [1.807, 2.05) is 0 Å². The van der Waals surface area contributed by atoms with Crippen LogP contribution in [0.2, 0.25) is 0 Å². The van der Waals surface area contributed by atoms with Gasteiger partial charge in [-0.25, -0.2) is 29.9 Å². The van der Waals surface area contributed by atoms with Crippen LogP contribution in [0.15, 0.2) is 92.4 Å². The summed E-state index contributed by atoms with van der Waals surface area (Å²) in [5, 5.41) is -1.17. The van der Waals surface area contributed by atoms with Gasteiger partial charge in [-0.1, -0.05) is 72.8 Å². The van der Waals surface area contributed by atoms with E-state index in [0.717, 1.165) is 0 Å². The van der Waals surface area contributed by atoms with Crippen LogP contribution in [0.5, 0.6) is 0 Å². The van der Waals surface area contributed by atoms with Gasteiger partial charge in [-0.2, -0.15) is 33.7 Å². The Balaban J connectivity index is 0.00000455. The number of aromatic nitrogens is 8. The molecule has 3 aromatic heterocycles. The van der Waals surface area contributed by atoms with Crippen LogP contribution >= 0.6 is 0 Å². The van der Waals surface area contributed by atoms with Crippen LogP contribution in [0.1, 0.15) is 0 Å². The summed E-state index contributed by atoms with van der Waals surface area (Å²) < 4.78 is 146. The molecular formula is C32H18N8O12PdS4+2. The summed E-state index contributed by atoms with van der Waals surface area (Å²) in [4.78, 5) is 24.5. The van der Waals surface area contributed by atoms with Gasteiger partial charge < -0.3 is 9.97 Å². The second kappa shape index (κ2) is 12.8. The minimum Gasteiger partial charge on any atom is -0.324 e. The smallest absolute Gasteiger partial charge is 0.324 e. The van der Waals surface area contributed by atoms with Crippen molar-refractivity contribution < 1.29 is 72.3 Å². The SMILES string of the molecule is O=S(=O)(O)c1c(S(=O)(=O)O)c(S(=O)(=O)O)c2c3nc4nc(nc5[nH]c(nc6nc(nc([nH]3)c2c1S(=O)(=O)O)-c1ccccc1-6)c1ccccc51)-c1ccccc1-4.[Pd+2]. The van der Waals surface area contributed by atoms with E-state index in [0.29, 0.717) is 33.2 Å². The molecule has 0 saturated heterocycles. The van der Waals surface area contributed by atoms with Crippen LogP contribution in [0.3, 0.4) is 0 Å². The van der Waals surface area contributed by atoms with Crippen molar-refractivity contribution in [1.82, 2.24) is 39.9 Å². The Kier molecular flexibility index (Phi) is 8.61. The quantitative estimate of drug-likeness (QED) is 0.108. The first kappa shape index (κ1) is 38.4. The van der Waals surface area contributed by atoms with Gasteiger partial charge in [0.15, 0.2) is 23.3 Å². The summed E-state index contributed by atoms with van der Waals surface area (Å²) in [7, 11) is -24.6. The predicted octanol–water partition coefficient (Wildman–Crippen LogP) is 3.85. The van der Waals surface area contributed by atoms with Gasteiger partial charge in [0.05, 0.1) is 10.8 Å². The number of nitrogens with one attached hydrogen (secondary N) is 2. The maximum absolute atomic E-state index is 13.2. The third kappa shape index (κ3) is 6.12. The van der Waals surface area contributed by atoms with Crippen molar-refractivity contribution in [2.45, 2.75) is 19.6 Å². The number of nitrogens with zero attached hydrogens (tertiary/aromatic N) is 6. The molecule has 0 unspecified atom stereocenters. The molecule has 0 radical (unpaired) electrons. The second-order valence-corrected chi connectivity index (χ2v) is 17.6. The Hall–Kier alpha value is -5.46. The summed E-state index contributed by atoms with van der Waals surface area (Å²) in [6.45, 7) is 0. The molecule has 6 N–H and O–H groups in total. The average molecular weight is 941 g/mol. The van der Waals surface area contributed by atoms with Gasteiger partial charge in [-0.15, -0.1) is 0 Å². The summed E-state index contributed by atoms with van der Waals surface area (Å²) in [6, 6.07) is 19.9. The molecule has 25 heteroatoms. The van der Waals surface area contributed by atoms with E-state index < -0.39 is 82.1 Å². The van der Waals surface area contributed by atoms with Crippen LogP contribution in [-0.2, 0) is 60.9 Å². The van der Waals surface area contributed by atoms with Gasteiger partial charge >= 0.3 is 20.4 Å². The first-order valence-electron chi connectivity index (χ1n) is 15.5. The predicted molar refractivity (Wildman–Crippen MR) is 195 cm³/mol. The largest absolute Gasteiger partial charge is 2.00 e. The van der Waals surface area contributed by atoms with Crippen molar-refractivity contribution >= 4 is 84.6 Å². The first-order valence-corrected chi connectivity index (χ1v) is 21.3. The average Bonchev–Trinajstić information content (AvgIpc) is 3.84. The summed E-state index contributed by atoms with van der Waals surface area (Å²) in [5.41, 5.74) is 0.187. The van der Waals surface area contributed by atoms with E-state index in [4.69, 9.17) is 9.97 Å². The van der Waals surface area contributed by atoms with Crippen LogP contribution in [-0.4, -0.2) is 91.8 Å². The second-order valence-electron chi connectivity index (χ2n) is 12.2. The van der Waals surface area contributed by atoms with Gasteiger partial charge in [-0.05, 0) is 0 Å². The fourth-order valence-electron chi connectivity index (χ4n) is 6.75. The number of aromatic amines is 2. The summed E-state index contributed by atoms with van der Waals surface area (Å²) in [5.74, 6) is -0.428. The maximum atomic E-state index is 13.2. The van der Waals surface area contributed by atoms with Crippen molar-refractivity contribution in [3.05, 3.63) is 72.8 Å². The number of hydrogen-bond acceptors (Lipinski definition) is 14. The molecule has 290 valence electrons. The molecule has 7 aromatic rings. The van der Waals surface area contributed by atoms with Crippen LogP contribution in [0.25, 0.3) is 89.7 Å². The topological polar surface area (TPSA) is 326 Å². The maximum Gasteiger partial charge on any atom is 2.00 e. The molecule has 20 nitrogen and oxygen atoms in total. The Bertz CT molecular complexity index is 3380. The Morgan fingerprint density at radius 3 is 0.930 bits per heavy atom. The minimum atomic E-state index is -6.24. The molecule has 2 aliphatic rings. The molecule has 4 aromatic carbocycles. The number of fused-ring (bicyclic) bond motifs is 20. The van der Waals surface area contributed by atoms with Gasteiger partial charge in [-0.3, -0.25) is 18.2 Å². The molecule has 5 heterocycles. The molecule has 57 heavy (non-hydrogen) atoms. The molecule has 0 saturated carbocycles. The van der Waals surface area contributed by atoms with Gasteiger partial charge in [0.25, 0.3) is 40.5 Å². The molecule has 0 fully saturated rings. The molecule has 9 rings (SSSR count). The number of hydrogen-bond donors (Lipinski definition) is 6. The molecule has 8 bridgehead atoms. The monoisotopic (exact) mass is 940 g/mol. The molecule has 0 spiro atoms. The van der Waals surface area contributed by atoms with Gasteiger partial charge in [0.1, 0.15) is 42.2 Å². The van der Waals surface area contributed by atoms with E-state index in [9.17, 15) is 51.9 Å². The number of benzene rings is 4. The fraction of sp³-hybridized carbons (Fsp3) is 0. The molecule has 0 amide bonds. The number of rotatable bonds is 4. The van der Waals surface area contributed by atoms with Gasteiger partial charge in [0, 0.05) is 33.0 Å². The Morgan fingerprint density at radius 1 is 0.368 bits per heavy atom. The zero-order valence-electron chi connectivity index (χ0n) is 27.6. The van der Waals surface area contributed by atoms with Crippen molar-refractivity contribution in [2.75, 3.05) is 0 Å². The molecule has 0 aliphatic carbocycles. The summed E-state index contributed by atoms with van der Waals surface area (Å²) in [6.07, 6.45) is 0. The third-order valence-electron chi connectivity index (χ3n) is 8.85. The zero-order chi connectivity index (χ0) is 39.7. The van der Waals surface area contributed by atoms with Crippen molar-refractivity contribution in [3.63, 3.8) is 0 Å². The molecular weight excluding hydrogens is 923 g/mol. The van der Waals surface area contributed by atoms with E-state index >= 15 is 0 Å². The number of H-pyrrole nitrogens is 2. The fourth-order valence-corrected chi connectivity index (χ4v) is 11.7.